The molecule has 1 aromatic rings. The van der Waals surface area contributed by atoms with E-state index in [1.165, 1.54) is 4.90 Å². The van der Waals surface area contributed by atoms with Crippen molar-refractivity contribution >= 4 is 23.3 Å². The Balaban J connectivity index is 1.75. The minimum absolute atomic E-state index is 0.0905. The Bertz CT molecular complexity index is 555. The predicted molar refractivity (Wildman–Crippen MR) is 82.6 cm³/mol. The van der Waals surface area contributed by atoms with Crippen LogP contribution in [0.15, 0.2) is 17.5 Å². The molecule has 0 bridgehead atoms. The molecule has 0 aliphatic carbocycles. The van der Waals surface area contributed by atoms with Crippen LogP contribution >= 0.6 is 11.3 Å². The Morgan fingerprint density at radius 1 is 1.42 bits per heavy atom. The first-order valence-corrected chi connectivity index (χ1v) is 8.46. The van der Waals surface area contributed by atoms with Gasteiger partial charge in [-0.2, -0.15) is 13.2 Å². The zero-order valence-corrected chi connectivity index (χ0v) is 14.0. The van der Waals surface area contributed by atoms with Crippen molar-refractivity contribution in [3.63, 3.8) is 0 Å². The lowest BCUT2D eigenvalue weighted by molar-refractivity contribution is -0.162. The van der Waals surface area contributed by atoms with Gasteiger partial charge in [-0.3, -0.25) is 4.79 Å². The van der Waals surface area contributed by atoms with Gasteiger partial charge in [-0.15, -0.1) is 11.3 Å². The van der Waals surface area contributed by atoms with E-state index in [0.29, 0.717) is 12.8 Å². The van der Waals surface area contributed by atoms with E-state index in [1.807, 2.05) is 24.4 Å². The van der Waals surface area contributed by atoms with Crippen LogP contribution in [0.1, 0.15) is 30.7 Å². The van der Waals surface area contributed by atoms with Crippen molar-refractivity contribution in [2.75, 3.05) is 19.7 Å². The molecule has 1 atom stereocenters. The Kier molecular flexibility index (Phi) is 6.09. The molecule has 1 aliphatic rings. The van der Waals surface area contributed by atoms with Crippen LogP contribution in [0.3, 0.4) is 0 Å². The molecule has 1 fully saturated rings. The highest BCUT2D eigenvalue weighted by molar-refractivity contribution is 7.10. The van der Waals surface area contributed by atoms with Gasteiger partial charge >= 0.3 is 12.3 Å². The third-order valence-corrected chi connectivity index (χ3v) is 4.87. The summed E-state index contributed by atoms with van der Waals surface area (Å²) < 4.78 is 40.3. The summed E-state index contributed by atoms with van der Waals surface area (Å²) in [7, 11) is 0. The van der Waals surface area contributed by atoms with Gasteiger partial charge in [-0.25, -0.2) is 4.79 Å². The highest BCUT2D eigenvalue weighted by Gasteiger charge is 2.33. The maximum atomic E-state index is 12.2. The molecular weight excluding hydrogens is 345 g/mol. The molecule has 0 spiro atoms. The molecule has 0 saturated carbocycles. The van der Waals surface area contributed by atoms with Gasteiger partial charge in [0.05, 0.1) is 6.04 Å². The maximum absolute atomic E-state index is 12.2. The second-order valence-corrected chi connectivity index (χ2v) is 6.66. The average Bonchev–Trinajstić information content (AvgIpc) is 3.06. The van der Waals surface area contributed by atoms with E-state index in [9.17, 15) is 22.8 Å². The Labute approximate surface area is 141 Å². The molecule has 1 N–H and O–H groups in total. The first-order chi connectivity index (χ1) is 11.3. The molecule has 5 nitrogen and oxygen atoms in total. The number of thiophene rings is 1. The lowest BCUT2D eigenvalue weighted by Crippen LogP contribution is -2.44. The molecule has 1 saturated heterocycles. The van der Waals surface area contributed by atoms with Crippen molar-refractivity contribution in [1.29, 1.82) is 0 Å². The fourth-order valence-corrected chi connectivity index (χ4v) is 3.23. The average molecular weight is 364 g/mol. The number of piperidine rings is 1. The number of likely N-dealkylation sites (tertiary alicyclic amines) is 1. The smallest absolute Gasteiger partial charge is 0.422 e. The van der Waals surface area contributed by atoms with E-state index in [1.54, 1.807) is 11.3 Å². The normalized spacial score (nSPS) is 17.4. The number of ether oxygens (including phenoxy) is 1. The highest BCUT2D eigenvalue weighted by Crippen LogP contribution is 2.22. The molecule has 9 heteroatoms. The van der Waals surface area contributed by atoms with E-state index in [2.05, 4.69) is 10.1 Å². The van der Waals surface area contributed by atoms with Gasteiger partial charge in [-0.1, -0.05) is 6.07 Å². The monoisotopic (exact) mass is 364 g/mol. The predicted octanol–water partition coefficient (Wildman–Crippen LogP) is 3.34. The zero-order valence-electron chi connectivity index (χ0n) is 13.1. The number of halogens is 3. The molecule has 0 unspecified atom stereocenters. The molecule has 2 heterocycles. The number of rotatable bonds is 4. The van der Waals surface area contributed by atoms with Gasteiger partial charge in [-0.05, 0) is 31.2 Å². The van der Waals surface area contributed by atoms with E-state index in [0.717, 1.165) is 4.88 Å². The third-order valence-electron chi connectivity index (χ3n) is 3.81. The topological polar surface area (TPSA) is 58.6 Å². The number of carbonyl (C=O) groups is 2. The number of nitrogens with zero attached hydrogens (tertiary/aromatic N) is 1. The summed E-state index contributed by atoms with van der Waals surface area (Å²) in [6.45, 7) is 0.724. The van der Waals surface area contributed by atoms with Gasteiger partial charge in [0, 0.05) is 23.9 Å². The number of nitrogens with one attached hydrogen (secondary N) is 1. The number of hydrogen-bond acceptors (Lipinski definition) is 4. The first kappa shape index (κ1) is 18.6. The van der Waals surface area contributed by atoms with E-state index in [-0.39, 0.29) is 31.0 Å². The van der Waals surface area contributed by atoms with Crippen molar-refractivity contribution in [3.05, 3.63) is 22.4 Å². The van der Waals surface area contributed by atoms with E-state index in [4.69, 9.17) is 0 Å². The van der Waals surface area contributed by atoms with Crippen molar-refractivity contribution < 1.29 is 27.5 Å². The van der Waals surface area contributed by atoms with Gasteiger partial charge < -0.3 is 15.0 Å². The van der Waals surface area contributed by atoms with E-state index >= 15 is 0 Å². The van der Waals surface area contributed by atoms with Crippen molar-refractivity contribution in [2.45, 2.75) is 32.0 Å². The van der Waals surface area contributed by atoms with Crippen LogP contribution in [0.4, 0.5) is 18.0 Å². The quantitative estimate of drug-likeness (QED) is 0.892. The Hall–Kier alpha value is -1.77. The van der Waals surface area contributed by atoms with Crippen LogP contribution in [0.25, 0.3) is 0 Å². The second-order valence-electron chi connectivity index (χ2n) is 5.68. The Morgan fingerprint density at radius 3 is 2.62 bits per heavy atom. The maximum Gasteiger partial charge on any atom is 0.422 e. The minimum Gasteiger partial charge on any atom is -0.440 e. The Morgan fingerprint density at radius 2 is 2.08 bits per heavy atom. The minimum atomic E-state index is -4.54. The zero-order chi connectivity index (χ0) is 17.7. The fraction of sp³-hybridized carbons (Fsp3) is 0.600. The van der Waals surface area contributed by atoms with Gasteiger partial charge in [0.25, 0.3) is 0 Å². The first-order valence-electron chi connectivity index (χ1n) is 7.58. The molecular formula is C15H19F3N2O3S. The summed E-state index contributed by atoms with van der Waals surface area (Å²) in [5, 5.41) is 4.86. The largest absolute Gasteiger partial charge is 0.440 e. The van der Waals surface area contributed by atoms with Crippen LogP contribution in [0, 0.1) is 5.92 Å². The van der Waals surface area contributed by atoms with Crippen molar-refractivity contribution in [3.8, 4) is 0 Å². The number of carbonyl (C=O) groups excluding carboxylic acids is 2. The van der Waals surface area contributed by atoms with E-state index < -0.39 is 18.9 Å². The van der Waals surface area contributed by atoms with Gasteiger partial charge in [0.1, 0.15) is 0 Å². The van der Waals surface area contributed by atoms with Crippen LogP contribution in [-0.2, 0) is 9.53 Å². The second kappa shape index (κ2) is 7.87. The van der Waals surface area contributed by atoms with Gasteiger partial charge in [0.2, 0.25) is 5.91 Å². The van der Waals surface area contributed by atoms with Crippen LogP contribution in [0.5, 0.6) is 0 Å². The van der Waals surface area contributed by atoms with Crippen molar-refractivity contribution in [2.24, 2.45) is 5.92 Å². The highest BCUT2D eigenvalue weighted by atomic mass is 32.1. The molecule has 134 valence electrons. The standard InChI is InChI=1S/C15H19F3N2O3S/c1-10(12-3-2-8-24-12)19-13(21)11-4-6-20(7-5-11)14(22)23-9-15(16,17)18/h2-3,8,10-11H,4-7,9H2,1H3,(H,19,21)/t10-/m0/s1. The molecule has 24 heavy (non-hydrogen) atoms. The fourth-order valence-electron chi connectivity index (χ4n) is 2.50. The molecule has 0 aromatic carbocycles. The molecule has 1 aliphatic heterocycles. The van der Waals surface area contributed by atoms with Crippen molar-refractivity contribution in [1.82, 2.24) is 10.2 Å². The number of amides is 2. The number of alkyl halides is 3. The lowest BCUT2D eigenvalue weighted by Gasteiger charge is -2.31. The number of hydrogen-bond donors (Lipinski definition) is 1. The summed E-state index contributed by atoms with van der Waals surface area (Å²) >= 11 is 1.56. The summed E-state index contributed by atoms with van der Waals surface area (Å²) in [5.74, 6) is -0.349. The summed E-state index contributed by atoms with van der Waals surface area (Å²) in [6, 6.07) is 3.76. The third kappa shape index (κ3) is 5.40. The molecule has 2 rings (SSSR count). The van der Waals surface area contributed by atoms with Crippen LogP contribution in [-0.4, -0.2) is 42.8 Å². The summed E-state index contributed by atoms with van der Waals surface area (Å²) in [6.07, 6.45) is -4.71. The molecule has 2 amide bonds. The van der Waals surface area contributed by atoms with Gasteiger partial charge in [0.15, 0.2) is 6.61 Å². The SMILES string of the molecule is C[C@H](NC(=O)C1CCN(C(=O)OCC(F)(F)F)CC1)c1cccs1. The van der Waals surface area contributed by atoms with Crippen LogP contribution in [0.2, 0.25) is 0 Å². The summed E-state index contributed by atoms with van der Waals surface area (Å²) in [4.78, 5) is 26.1. The molecule has 0 radical (unpaired) electrons. The van der Waals surface area contributed by atoms with Crippen LogP contribution < -0.4 is 5.32 Å². The summed E-state index contributed by atoms with van der Waals surface area (Å²) in [5.41, 5.74) is 0. The lowest BCUT2D eigenvalue weighted by atomic mass is 9.96. The molecule has 1 aromatic heterocycles.